The number of aliphatic imine (C=N–C) groups is 1. The van der Waals surface area contributed by atoms with Gasteiger partial charge >= 0.3 is 0 Å². The summed E-state index contributed by atoms with van der Waals surface area (Å²) in [4.78, 5) is 17.1. The average molecular weight is 383 g/mol. The van der Waals surface area contributed by atoms with Gasteiger partial charge in [-0.3, -0.25) is 9.79 Å². The summed E-state index contributed by atoms with van der Waals surface area (Å²) < 4.78 is 19.6. The zero-order valence-corrected chi connectivity index (χ0v) is 15.5. The topological polar surface area (TPSA) is 80.6 Å². The van der Waals surface area contributed by atoms with Crippen LogP contribution in [0.2, 0.25) is 0 Å². The Morgan fingerprint density at radius 3 is 2.96 bits per heavy atom. The highest BCUT2D eigenvalue weighted by atomic mass is 32.2. The van der Waals surface area contributed by atoms with Crippen molar-refractivity contribution in [1.82, 2.24) is 0 Å². The number of furan rings is 1. The minimum absolute atomic E-state index is 0.123. The molecule has 3 aromatic rings. The number of nitrogens with two attached hydrogens (primary N) is 1. The maximum absolute atomic E-state index is 14.3. The number of hydrogen-bond acceptors (Lipinski definition) is 5. The van der Waals surface area contributed by atoms with E-state index in [9.17, 15) is 9.18 Å². The molecule has 1 amide bonds. The van der Waals surface area contributed by atoms with Gasteiger partial charge in [-0.05, 0) is 55.3 Å². The van der Waals surface area contributed by atoms with Crippen LogP contribution in [0.1, 0.15) is 29.3 Å². The molecule has 1 aliphatic heterocycles. The highest BCUT2D eigenvalue weighted by Crippen LogP contribution is 2.36. The lowest BCUT2D eigenvalue weighted by Crippen LogP contribution is -2.29. The largest absolute Gasteiger partial charge is 0.464 e. The van der Waals surface area contributed by atoms with Gasteiger partial charge in [-0.2, -0.15) is 0 Å². The summed E-state index contributed by atoms with van der Waals surface area (Å²) in [6, 6.07) is 11.5. The molecular weight excluding hydrogens is 365 g/mol. The molecule has 138 valence electrons. The molecule has 3 N–H and O–H groups in total. The van der Waals surface area contributed by atoms with Crippen LogP contribution in [0.3, 0.4) is 0 Å². The van der Waals surface area contributed by atoms with Gasteiger partial charge in [0.15, 0.2) is 5.17 Å². The lowest BCUT2D eigenvalue weighted by molar-refractivity contribution is 0.102. The number of halogens is 1. The minimum atomic E-state index is -0.530. The molecule has 1 aromatic heterocycles. The Hall–Kier alpha value is -2.80. The molecule has 0 spiro atoms. The second-order valence-electron chi connectivity index (χ2n) is 6.64. The van der Waals surface area contributed by atoms with Gasteiger partial charge in [-0.25, -0.2) is 4.39 Å². The number of benzene rings is 2. The van der Waals surface area contributed by atoms with E-state index in [1.807, 2.05) is 6.92 Å². The van der Waals surface area contributed by atoms with Gasteiger partial charge in [0.2, 0.25) is 0 Å². The summed E-state index contributed by atoms with van der Waals surface area (Å²) in [5.41, 5.74) is 7.40. The van der Waals surface area contributed by atoms with Crippen LogP contribution in [0.5, 0.6) is 0 Å². The number of carbonyl (C=O) groups is 1. The predicted octanol–water partition coefficient (Wildman–Crippen LogP) is 4.49. The number of hydrogen-bond donors (Lipinski definition) is 2. The van der Waals surface area contributed by atoms with E-state index in [0.717, 1.165) is 23.1 Å². The second kappa shape index (κ2) is 6.74. The van der Waals surface area contributed by atoms with Crippen molar-refractivity contribution in [2.24, 2.45) is 10.7 Å². The Bertz CT molecular complexity index is 1060. The van der Waals surface area contributed by atoms with E-state index in [1.165, 1.54) is 17.8 Å². The number of nitrogens with one attached hydrogen (secondary N) is 1. The van der Waals surface area contributed by atoms with Gasteiger partial charge in [-0.15, -0.1) is 0 Å². The van der Waals surface area contributed by atoms with Crippen LogP contribution >= 0.6 is 11.8 Å². The molecule has 1 atom stereocenters. The highest BCUT2D eigenvalue weighted by Gasteiger charge is 2.30. The number of carbonyl (C=O) groups excluding carboxylic acids is 1. The number of rotatable bonds is 3. The fourth-order valence-corrected chi connectivity index (χ4v) is 4.13. The van der Waals surface area contributed by atoms with E-state index in [1.54, 1.807) is 42.7 Å². The summed E-state index contributed by atoms with van der Waals surface area (Å²) in [5, 5.41) is 4.00. The normalized spacial score (nSPS) is 19.7. The van der Waals surface area contributed by atoms with Gasteiger partial charge in [0.05, 0.1) is 17.5 Å². The number of nitrogens with zero attached hydrogens (tertiary/aromatic N) is 1. The SMILES string of the molecule is CC1(c2ccc(F)c(NC(=O)c3ccc4occc4c3)c2)CCSC(N)=N1. The molecule has 27 heavy (non-hydrogen) atoms. The summed E-state index contributed by atoms with van der Waals surface area (Å²) in [5.74, 6) is -0.0425. The van der Waals surface area contributed by atoms with E-state index >= 15 is 0 Å². The monoisotopic (exact) mass is 383 g/mol. The van der Waals surface area contributed by atoms with Crippen LogP contribution in [0.4, 0.5) is 10.1 Å². The van der Waals surface area contributed by atoms with Gasteiger partial charge in [0, 0.05) is 16.7 Å². The number of fused-ring (bicyclic) bond motifs is 1. The first-order valence-corrected chi connectivity index (χ1v) is 9.50. The summed E-state index contributed by atoms with van der Waals surface area (Å²) in [7, 11) is 0. The van der Waals surface area contributed by atoms with Crippen LogP contribution in [0.25, 0.3) is 11.0 Å². The summed E-state index contributed by atoms with van der Waals surface area (Å²) >= 11 is 1.51. The fourth-order valence-electron chi connectivity index (χ4n) is 3.15. The third kappa shape index (κ3) is 3.42. The third-order valence-electron chi connectivity index (χ3n) is 4.75. The van der Waals surface area contributed by atoms with E-state index in [-0.39, 0.29) is 11.6 Å². The maximum atomic E-state index is 14.3. The molecular formula is C20H18FN3O2S. The first-order valence-electron chi connectivity index (χ1n) is 8.51. The minimum Gasteiger partial charge on any atom is -0.464 e. The predicted molar refractivity (Wildman–Crippen MR) is 107 cm³/mol. The van der Waals surface area contributed by atoms with Crippen molar-refractivity contribution >= 4 is 39.5 Å². The Balaban J connectivity index is 1.63. The molecule has 0 saturated carbocycles. The second-order valence-corrected chi connectivity index (χ2v) is 7.76. The number of thioether (sulfide) groups is 1. The van der Waals surface area contributed by atoms with Crippen molar-refractivity contribution < 1.29 is 13.6 Å². The lowest BCUT2D eigenvalue weighted by atomic mass is 9.89. The van der Waals surface area contributed by atoms with E-state index < -0.39 is 11.4 Å². The molecule has 2 heterocycles. The molecule has 0 bridgehead atoms. The highest BCUT2D eigenvalue weighted by molar-refractivity contribution is 8.13. The first-order chi connectivity index (χ1) is 12.9. The number of amidine groups is 1. The van der Waals surface area contributed by atoms with Gasteiger partial charge in [0.1, 0.15) is 11.4 Å². The van der Waals surface area contributed by atoms with Crippen molar-refractivity contribution in [3.63, 3.8) is 0 Å². The molecule has 0 fully saturated rings. The standard InChI is InChI=1S/C20H18FN3O2S/c1-20(7-9-27-19(22)24-20)14-3-4-15(21)16(11-14)23-18(25)13-2-5-17-12(10-13)6-8-26-17/h2-6,8,10-11H,7,9H2,1H3,(H2,22,24)(H,23,25). The molecule has 0 aliphatic carbocycles. The van der Waals surface area contributed by atoms with E-state index in [2.05, 4.69) is 10.3 Å². The Labute approximate surface area is 159 Å². The Morgan fingerprint density at radius 1 is 1.30 bits per heavy atom. The molecule has 0 radical (unpaired) electrons. The first kappa shape index (κ1) is 17.6. The fraction of sp³-hybridized carbons (Fsp3) is 0.200. The molecule has 1 aliphatic rings. The van der Waals surface area contributed by atoms with Crippen LogP contribution in [0, 0.1) is 5.82 Å². The molecule has 7 heteroatoms. The summed E-state index contributed by atoms with van der Waals surface area (Å²) in [6.45, 7) is 1.96. The van der Waals surface area contributed by atoms with Crippen LogP contribution in [0.15, 0.2) is 58.1 Å². The average Bonchev–Trinajstić information content (AvgIpc) is 3.11. The zero-order chi connectivity index (χ0) is 19.0. The molecule has 4 rings (SSSR count). The Kier molecular flexibility index (Phi) is 4.39. The quantitative estimate of drug-likeness (QED) is 0.698. The van der Waals surface area contributed by atoms with Crippen LogP contribution in [-0.2, 0) is 5.54 Å². The maximum Gasteiger partial charge on any atom is 0.255 e. The van der Waals surface area contributed by atoms with Crippen LogP contribution in [-0.4, -0.2) is 16.8 Å². The van der Waals surface area contributed by atoms with Gasteiger partial charge in [-0.1, -0.05) is 17.8 Å². The third-order valence-corrected chi connectivity index (χ3v) is 5.54. The smallest absolute Gasteiger partial charge is 0.255 e. The van der Waals surface area contributed by atoms with Crippen LogP contribution < -0.4 is 11.1 Å². The van der Waals surface area contributed by atoms with E-state index in [0.29, 0.717) is 16.3 Å². The van der Waals surface area contributed by atoms with Crippen molar-refractivity contribution in [3.8, 4) is 0 Å². The lowest BCUT2D eigenvalue weighted by Gasteiger charge is -2.30. The van der Waals surface area contributed by atoms with Crippen molar-refractivity contribution in [1.29, 1.82) is 0 Å². The molecule has 5 nitrogen and oxygen atoms in total. The molecule has 0 saturated heterocycles. The molecule has 1 unspecified atom stereocenters. The van der Waals surface area contributed by atoms with Gasteiger partial charge in [0.25, 0.3) is 5.91 Å². The van der Waals surface area contributed by atoms with E-state index in [4.69, 9.17) is 10.2 Å². The molecule has 2 aromatic carbocycles. The van der Waals surface area contributed by atoms with Crippen molar-refractivity contribution in [2.75, 3.05) is 11.1 Å². The Morgan fingerprint density at radius 2 is 2.15 bits per heavy atom. The van der Waals surface area contributed by atoms with Crippen molar-refractivity contribution in [2.45, 2.75) is 18.9 Å². The zero-order valence-electron chi connectivity index (χ0n) is 14.7. The number of amides is 1. The summed E-state index contributed by atoms with van der Waals surface area (Å²) in [6.07, 6.45) is 2.35. The van der Waals surface area contributed by atoms with Gasteiger partial charge < -0.3 is 15.5 Å². The van der Waals surface area contributed by atoms with Crippen molar-refractivity contribution in [3.05, 3.63) is 65.7 Å². The number of anilines is 1.